The van der Waals surface area contributed by atoms with E-state index in [-0.39, 0.29) is 11.3 Å². The number of nitrogens with one attached hydrogen (secondary N) is 1. The molecule has 0 saturated carbocycles. The van der Waals surface area contributed by atoms with Gasteiger partial charge in [0.1, 0.15) is 5.56 Å². The minimum atomic E-state index is -1.29. The van der Waals surface area contributed by atoms with Crippen molar-refractivity contribution in [1.29, 1.82) is 0 Å². The average molecular weight is 301 g/mol. The van der Waals surface area contributed by atoms with Gasteiger partial charge < -0.3 is 5.32 Å². The van der Waals surface area contributed by atoms with Gasteiger partial charge in [-0.25, -0.2) is 0 Å². The topological polar surface area (TPSA) is 98.3 Å². The largest absolute Gasteiger partial charge is 0.385 e. The van der Waals surface area contributed by atoms with E-state index >= 15 is 0 Å². The molecule has 0 amide bonds. The fraction of sp³-hybridized carbons (Fsp3) is 0.200. The van der Waals surface area contributed by atoms with E-state index in [1.54, 1.807) is 30.3 Å². The average Bonchev–Trinajstić information content (AvgIpc) is 2.49. The Morgan fingerprint density at radius 3 is 2.18 bits per heavy atom. The number of nitro benzene ring substituents is 1. The predicted molar refractivity (Wildman–Crippen MR) is 82.5 cm³/mol. The predicted octanol–water partition coefficient (Wildman–Crippen LogP) is 3.39. The van der Waals surface area contributed by atoms with E-state index in [9.17, 15) is 20.2 Å². The van der Waals surface area contributed by atoms with Crippen LogP contribution < -0.4 is 5.32 Å². The van der Waals surface area contributed by atoms with Gasteiger partial charge in [0.2, 0.25) is 0 Å². The summed E-state index contributed by atoms with van der Waals surface area (Å²) in [6, 6.07) is 11.3. The van der Waals surface area contributed by atoms with E-state index in [0.717, 1.165) is 0 Å². The van der Waals surface area contributed by atoms with Crippen LogP contribution in [0.15, 0.2) is 48.5 Å². The molecule has 22 heavy (non-hydrogen) atoms. The second kappa shape index (κ2) is 6.66. The number of nitro groups is 2. The van der Waals surface area contributed by atoms with Crippen LogP contribution in [-0.4, -0.2) is 16.4 Å². The lowest BCUT2D eigenvalue weighted by molar-refractivity contribution is -0.518. The zero-order valence-electron chi connectivity index (χ0n) is 11.9. The molecular formula is C15H15N3O4. The van der Waals surface area contributed by atoms with Crippen molar-refractivity contribution in [1.82, 2.24) is 0 Å². The summed E-state index contributed by atoms with van der Waals surface area (Å²) in [5.41, 5.74) is 0.826. The maximum absolute atomic E-state index is 11.6. The minimum Gasteiger partial charge on any atom is -0.385 e. The van der Waals surface area contributed by atoms with Crippen molar-refractivity contribution < 1.29 is 9.85 Å². The van der Waals surface area contributed by atoms with Gasteiger partial charge in [0.25, 0.3) is 11.7 Å². The van der Waals surface area contributed by atoms with Gasteiger partial charge in [-0.3, -0.25) is 20.2 Å². The highest BCUT2D eigenvalue weighted by molar-refractivity contribution is 5.56. The van der Waals surface area contributed by atoms with Gasteiger partial charge in [0.15, 0.2) is 0 Å². The van der Waals surface area contributed by atoms with E-state index in [1.165, 1.54) is 18.2 Å². The molecule has 0 bridgehead atoms. The first-order chi connectivity index (χ1) is 10.6. The molecule has 0 aromatic heterocycles. The van der Waals surface area contributed by atoms with E-state index < -0.39 is 15.9 Å². The Hall–Kier alpha value is -2.96. The molecule has 0 radical (unpaired) electrons. The third kappa shape index (κ3) is 3.03. The number of para-hydroxylation sites is 2. The first-order valence-electron chi connectivity index (χ1n) is 6.75. The SMILES string of the molecule is CCNc1ccccc1C(c1ccccc1[N+](=O)[O-])[N+](=O)[O-]. The van der Waals surface area contributed by atoms with Crippen molar-refractivity contribution in [3.8, 4) is 0 Å². The fourth-order valence-electron chi connectivity index (χ4n) is 2.37. The monoisotopic (exact) mass is 301 g/mol. The maximum atomic E-state index is 11.6. The van der Waals surface area contributed by atoms with E-state index in [1.807, 2.05) is 6.92 Å². The number of nitrogens with zero attached hydrogens (tertiary/aromatic N) is 2. The smallest absolute Gasteiger partial charge is 0.279 e. The van der Waals surface area contributed by atoms with Crippen LogP contribution in [0.4, 0.5) is 11.4 Å². The van der Waals surface area contributed by atoms with Crippen molar-refractivity contribution in [2.45, 2.75) is 13.0 Å². The van der Waals surface area contributed by atoms with Gasteiger partial charge in [-0.2, -0.15) is 0 Å². The highest BCUT2D eigenvalue weighted by atomic mass is 16.6. The maximum Gasteiger partial charge on any atom is 0.279 e. The van der Waals surface area contributed by atoms with Crippen LogP contribution in [0.3, 0.4) is 0 Å². The van der Waals surface area contributed by atoms with Gasteiger partial charge >= 0.3 is 0 Å². The van der Waals surface area contributed by atoms with Crippen molar-refractivity contribution in [2.75, 3.05) is 11.9 Å². The quantitative estimate of drug-likeness (QED) is 0.651. The van der Waals surface area contributed by atoms with Gasteiger partial charge in [-0.1, -0.05) is 24.3 Å². The third-order valence-corrected chi connectivity index (χ3v) is 3.26. The van der Waals surface area contributed by atoms with Crippen molar-refractivity contribution in [3.63, 3.8) is 0 Å². The lowest BCUT2D eigenvalue weighted by Crippen LogP contribution is -2.16. The van der Waals surface area contributed by atoms with Gasteiger partial charge in [-0.05, 0) is 25.1 Å². The molecule has 0 fully saturated rings. The van der Waals surface area contributed by atoms with Crippen LogP contribution in [0, 0.1) is 20.2 Å². The molecule has 1 atom stereocenters. The number of hydrogen-bond acceptors (Lipinski definition) is 5. The molecular weight excluding hydrogens is 286 g/mol. The van der Waals surface area contributed by atoms with Crippen LogP contribution in [0.2, 0.25) is 0 Å². The zero-order chi connectivity index (χ0) is 16.1. The number of benzene rings is 2. The molecule has 0 aliphatic carbocycles. The van der Waals surface area contributed by atoms with E-state index in [2.05, 4.69) is 5.32 Å². The summed E-state index contributed by atoms with van der Waals surface area (Å²) in [5.74, 6) is 0. The van der Waals surface area contributed by atoms with Gasteiger partial charge in [-0.15, -0.1) is 0 Å². The fourth-order valence-corrected chi connectivity index (χ4v) is 2.37. The Bertz CT molecular complexity index is 703. The third-order valence-electron chi connectivity index (χ3n) is 3.26. The second-order valence-electron chi connectivity index (χ2n) is 4.62. The Labute approximate surface area is 126 Å². The summed E-state index contributed by atoms with van der Waals surface area (Å²) in [6.07, 6.45) is 0. The van der Waals surface area contributed by atoms with E-state index in [0.29, 0.717) is 17.8 Å². The van der Waals surface area contributed by atoms with E-state index in [4.69, 9.17) is 0 Å². The number of rotatable bonds is 6. The first kappa shape index (κ1) is 15.4. The highest BCUT2D eigenvalue weighted by Crippen LogP contribution is 2.35. The van der Waals surface area contributed by atoms with Crippen molar-refractivity contribution >= 4 is 11.4 Å². The lowest BCUT2D eigenvalue weighted by Gasteiger charge is -2.15. The minimum absolute atomic E-state index is 0.0721. The molecule has 0 spiro atoms. The number of hydrogen-bond donors (Lipinski definition) is 1. The molecule has 2 rings (SSSR count). The lowest BCUT2D eigenvalue weighted by atomic mass is 9.96. The molecule has 2 aromatic carbocycles. The summed E-state index contributed by atoms with van der Waals surface area (Å²) in [7, 11) is 0. The summed E-state index contributed by atoms with van der Waals surface area (Å²) >= 11 is 0. The molecule has 1 N–H and O–H groups in total. The molecule has 114 valence electrons. The van der Waals surface area contributed by atoms with Crippen LogP contribution in [0.5, 0.6) is 0 Å². The van der Waals surface area contributed by atoms with Crippen molar-refractivity contribution in [2.24, 2.45) is 0 Å². The first-order valence-corrected chi connectivity index (χ1v) is 6.75. The Balaban J connectivity index is 2.63. The van der Waals surface area contributed by atoms with Crippen LogP contribution >= 0.6 is 0 Å². The zero-order valence-corrected chi connectivity index (χ0v) is 11.9. The molecule has 0 saturated heterocycles. The Morgan fingerprint density at radius 2 is 1.59 bits per heavy atom. The Morgan fingerprint density at radius 1 is 1.00 bits per heavy atom. The molecule has 0 heterocycles. The summed E-state index contributed by atoms with van der Waals surface area (Å²) in [5, 5.41) is 25.8. The normalized spacial score (nSPS) is 11.7. The second-order valence-corrected chi connectivity index (χ2v) is 4.62. The van der Waals surface area contributed by atoms with Gasteiger partial charge in [0.05, 0.1) is 10.5 Å². The number of anilines is 1. The van der Waals surface area contributed by atoms with Crippen LogP contribution in [0.1, 0.15) is 24.1 Å². The molecule has 0 aliphatic rings. The standard InChI is InChI=1S/C15H15N3O4/c1-2-16-13-9-5-3-7-11(13)15(18(21)22)12-8-4-6-10-14(12)17(19)20/h3-10,15-16H,2H2,1H3. The molecule has 7 nitrogen and oxygen atoms in total. The summed E-state index contributed by atoms with van der Waals surface area (Å²) in [6.45, 7) is 2.47. The molecule has 2 aromatic rings. The molecule has 0 aliphatic heterocycles. The Kier molecular flexibility index (Phi) is 4.67. The molecule has 1 unspecified atom stereocenters. The van der Waals surface area contributed by atoms with Gasteiger partial charge in [0, 0.05) is 23.2 Å². The summed E-state index contributed by atoms with van der Waals surface area (Å²) in [4.78, 5) is 21.6. The van der Waals surface area contributed by atoms with Crippen molar-refractivity contribution in [3.05, 3.63) is 79.9 Å². The highest BCUT2D eigenvalue weighted by Gasteiger charge is 2.33. The molecule has 7 heteroatoms. The summed E-state index contributed by atoms with van der Waals surface area (Å²) < 4.78 is 0. The van der Waals surface area contributed by atoms with Crippen LogP contribution in [0.25, 0.3) is 0 Å². The van der Waals surface area contributed by atoms with Crippen LogP contribution in [-0.2, 0) is 0 Å².